The lowest BCUT2D eigenvalue weighted by Gasteiger charge is -2.21. The Morgan fingerprint density at radius 2 is 1.66 bits per heavy atom. The van der Waals surface area contributed by atoms with Crippen LogP contribution in [0.25, 0.3) is 38.9 Å². The summed E-state index contributed by atoms with van der Waals surface area (Å²) >= 11 is 0. The Bertz CT molecular complexity index is 1410. The van der Waals surface area contributed by atoms with Gasteiger partial charge in [0.25, 0.3) is 0 Å². The van der Waals surface area contributed by atoms with Gasteiger partial charge in [0.15, 0.2) is 0 Å². The maximum atomic E-state index is 6.46. The molecule has 1 aliphatic heterocycles. The lowest BCUT2D eigenvalue weighted by molar-refractivity contribution is 0.444. The second kappa shape index (κ2) is 7.77. The van der Waals surface area contributed by atoms with Crippen LogP contribution in [0.1, 0.15) is 24.6 Å². The molecule has 1 saturated heterocycles. The van der Waals surface area contributed by atoms with Gasteiger partial charge in [-0.1, -0.05) is 48.5 Å². The fourth-order valence-electron chi connectivity index (χ4n) is 4.79. The lowest BCUT2D eigenvalue weighted by Crippen LogP contribution is -2.27. The van der Waals surface area contributed by atoms with E-state index in [1.807, 2.05) is 30.3 Å². The molecule has 0 radical (unpaired) electrons. The Hall–Kier alpha value is -3.70. The molecule has 1 aliphatic rings. The highest BCUT2D eigenvalue weighted by molar-refractivity contribution is 5.92. The number of anilines is 1. The number of benzene rings is 2. The second-order valence-corrected chi connectivity index (χ2v) is 8.50. The summed E-state index contributed by atoms with van der Waals surface area (Å²) in [6.45, 7) is 2.05. The van der Waals surface area contributed by atoms with Crippen LogP contribution in [-0.4, -0.2) is 27.5 Å². The first-order valence-corrected chi connectivity index (χ1v) is 11.2. The van der Waals surface area contributed by atoms with Crippen molar-refractivity contribution >= 4 is 22.1 Å². The van der Waals surface area contributed by atoms with Gasteiger partial charge in [0, 0.05) is 28.6 Å². The van der Waals surface area contributed by atoms with E-state index in [0.717, 1.165) is 76.4 Å². The third kappa shape index (κ3) is 3.22. The van der Waals surface area contributed by atoms with Crippen molar-refractivity contribution in [1.29, 1.82) is 0 Å². The van der Waals surface area contributed by atoms with Crippen LogP contribution in [0, 0.1) is 0 Å². The molecule has 0 saturated carbocycles. The quantitative estimate of drug-likeness (QED) is 0.418. The van der Waals surface area contributed by atoms with Gasteiger partial charge >= 0.3 is 0 Å². The monoisotopic (exact) mass is 419 g/mol. The molecule has 2 aromatic carbocycles. The topological polar surface area (TPSA) is 68.2 Å². The average molecular weight is 420 g/mol. The Morgan fingerprint density at radius 3 is 2.50 bits per heavy atom. The Kier molecular flexibility index (Phi) is 4.62. The molecule has 0 atom stereocenters. The van der Waals surface area contributed by atoms with Crippen molar-refractivity contribution in [2.45, 2.75) is 18.8 Å². The third-order valence-corrected chi connectivity index (χ3v) is 6.46. The molecule has 32 heavy (non-hydrogen) atoms. The van der Waals surface area contributed by atoms with Gasteiger partial charge in [-0.25, -0.2) is 9.97 Å². The number of hydrogen-bond acceptors (Lipinski definition) is 4. The minimum Gasteiger partial charge on any atom is -0.397 e. The third-order valence-electron chi connectivity index (χ3n) is 6.46. The molecule has 0 amide bonds. The normalized spacial score (nSPS) is 14.9. The summed E-state index contributed by atoms with van der Waals surface area (Å²) in [6, 6.07) is 24.9. The minimum atomic E-state index is 0.433. The van der Waals surface area contributed by atoms with Gasteiger partial charge in [0.2, 0.25) is 0 Å². The molecule has 5 heteroatoms. The van der Waals surface area contributed by atoms with Crippen molar-refractivity contribution in [2.24, 2.45) is 0 Å². The molecule has 0 aliphatic carbocycles. The Labute approximate surface area is 186 Å². The number of hydrogen-bond donors (Lipinski definition) is 2. The summed E-state index contributed by atoms with van der Waals surface area (Å²) in [4.78, 5) is 10.1. The average Bonchev–Trinajstić information content (AvgIpc) is 3.25. The van der Waals surface area contributed by atoms with Crippen LogP contribution in [0.2, 0.25) is 0 Å². The van der Waals surface area contributed by atoms with Gasteiger partial charge in [-0.2, -0.15) is 0 Å². The van der Waals surface area contributed by atoms with E-state index in [1.165, 1.54) is 0 Å². The van der Waals surface area contributed by atoms with E-state index in [0.29, 0.717) is 5.92 Å². The summed E-state index contributed by atoms with van der Waals surface area (Å²) in [5.41, 5.74) is 13.2. The van der Waals surface area contributed by atoms with Gasteiger partial charge in [-0.15, -0.1) is 0 Å². The highest BCUT2D eigenvalue weighted by Crippen LogP contribution is 2.35. The largest absolute Gasteiger partial charge is 0.397 e. The number of nitrogens with zero attached hydrogens (tertiary/aromatic N) is 3. The zero-order valence-electron chi connectivity index (χ0n) is 17.8. The first-order chi connectivity index (χ1) is 15.8. The highest BCUT2D eigenvalue weighted by atomic mass is 15.0. The molecule has 3 aromatic heterocycles. The van der Waals surface area contributed by atoms with Crippen molar-refractivity contribution in [2.75, 3.05) is 18.8 Å². The molecule has 6 rings (SSSR count). The van der Waals surface area contributed by atoms with E-state index in [-0.39, 0.29) is 0 Å². The van der Waals surface area contributed by atoms with E-state index < -0.39 is 0 Å². The van der Waals surface area contributed by atoms with Crippen LogP contribution in [0.3, 0.4) is 0 Å². The van der Waals surface area contributed by atoms with E-state index in [2.05, 4.69) is 58.4 Å². The minimum absolute atomic E-state index is 0.433. The molecule has 1 fully saturated rings. The predicted octanol–water partition coefficient (Wildman–Crippen LogP) is 5.27. The smallest absolute Gasteiger partial charge is 0.117 e. The van der Waals surface area contributed by atoms with Crippen molar-refractivity contribution in [1.82, 2.24) is 19.7 Å². The van der Waals surface area contributed by atoms with E-state index in [1.54, 1.807) is 0 Å². The Balaban J connectivity index is 1.51. The number of nitrogens with two attached hydrogens (primary N) is 1. The molecule has 4 heterocycles. The number of nitrogen functional groups attached to an aromatic ring is 1. The molecule has 5 nitrogen and oxygen atoms in total. The standard InChI is InChI=1S/C27H25N5/c28-22-7-4-16-32-26(22)25(31-27(32)20-12-14-29-15-13-20)21-9-8-19-10-11-23(30-24(19)17-21)18-5-2-1-3-6-18/h1-11,16-17,20,29H,12-15,28H2. The van der Waals surface area contributed by atoms with Crippen molar-refractivity contribution in [3.63, 3.8) is 0 Å². The number of piperidine rings is 1. The molecule has 5 aromatic rings. The van der Waals surface area contributed by atoms with Crippen LogP contribution in [0.4, 0.5) is 5.69 Å². The maximum absolute atomic E-state index is 6.46. The van der Waals surface area contributed by atoms with E-state index >= 15 is 0 Å². The SMILES string of the molecule is Nc1cccn2c(C3CCNCC3)nc(-c3ccc4ccc(-c5ccccc5)nc4c3)c12. The van der Waals surface area contributed by atoms with Crippen molar-refractivity contribution < 1.29 is 0 Å². The summed E-state index contributed by atoms with van der Waals surface area (Å²) in [5.74, 6) is 1.54. The number of pyridine rings is 2. The van der Waals surface area contributed by atoms with Gasteiger partial charge in [-0.3, -0.25) is 0 Å². The first kappa shape index (κ1) is 19.0. The number of rotatable bonds is 3. The van der Waals surface area contributed by atoms with Crippen LogP contribution < -0.4 is 11.1 Å². The van der Waals surface area contributed by atoms with E-state index in [9.17, 15) is 0 Å². The molecular weight excluding hydrogens is 394 g/mol. The molecular formula is C27H25N5. The zero-order valence-corrected chi connectivity index (χ0v) is 17.8. The molecule has 3 N–H and O–H groups in total. The summed E-state index contributed by atoms with van der Waals surface area (Å²) in [7, 11) is 0. The van der Waals surface area contributed by atoms with Gasteiger partial charge in [-0.05, 0) is 50.2 Å². The number of nitrogens with one attached hydrogen (secondary N) is 1. The highest BCUT2D eigenvalue weighted by Gasteiger charge is 2.23. The predicted molar refractivity (Wildman–Crippen MR) is 131 cm³/mol. The first-order valence-electron chi connectivity index (χ1n) is 11.2. The molecule has 0 unspecified atom stereocenters. The van der Waals surface area contributed by atoms with Crippen molar-refractivity contribution in [3.05, 3.63) is 84.8 Å². The number of imidazole rings is 1. The molecule has 158 valence electrons. The molecule has 0 spiro atoms. The van der Waals surface area contributed by atoms with Gasteiger partial charge in [0.05, 0.1) is 28.1 Å². The second-order valence-electron chi connectivity index (χ2n) is 8.50. The fourth-order valence-corrected chi connectivity index (χ4v) is 4.79. The number of aromatic nitrogens is 3. The van der Waals surface area contributed by atoms with Crippen LogP contribution in [0.5, 0.6) is 0 Å². The Morgan fingerprint density at radius 1 is 0.844 bits per heavy atom. The maximum Gasteiger partial charge on any atom is 0.117 e. The van der Waals surface area contributed by atoms with Crippen LogP contribution in [-0.2, 0) is 0 Å². The van der Waals surface area contributed by atoms with Crippen LogP contribution >= 0.6 is 0 Å². The van der Waals surface area contributed by atoms with Crippen LogP contribution in [0.15, 0.2) is 79.0 Å². The molecule has 0 bridgehead atoms. The lowest BCUT2D eigenvalue weighted by atomic mass is 9.97. The zero-order chi connectivity index (χ0) is 21.5. The summed E-state index contributed by atoms with van der Waals surface area (Å²) < 4.78 is 2.19. The van der Waals surface area contributed by atoms with E-state index in [4.69, 9.17) is 15.7 Å². The van der Waals surface area contributed by atoms with Gasteiger partial charge in [0.1, 0.15) is 5.82 Å². The van der Waals surface area contributed by atoms with Gasteiger partial charge < -0.3 is 15.5 Å². The summed E-state index contributed by atoms with van der Waals surface area (Å²) in [6.07, 6.45) is 4.27. The fraction of sp³-hybridized carbons (Fsp3) is 0.185. The number of fused-ring (bicyclic) bond motifs is 2. The summed E-state index contributed by atoms with van der Waals surface area (Å²) in [5, 5.41) is 4.57. The van der Waals surface area contributed by atoms with Crippen molar-refractivity contribution in [3.8, 4) is 22.5 Å².